The number of rotatable bonds is 7. The fourth-order valence-corrected chi connectivity index (χ4v) is 3.78. The summed E-state index contributed by atoms with van der Waals surface area (Å²) in [5.74, 6) is 0.912. The summed E-state index contributed by atoms with van der Waals surface area (Å²) in [5.41, 5.74) is -1.08. The minimum absolute atomic E-state index is 0.0119. The highest BCUT2D eigenvalue weighted by atomic mass is 35.5. The Morgan fingerprint density at radius 3 is 2.28 bits per heavy atom. The summed E-state index contributed by atoms with van der Waals surface area (Å²) in [6, 6.07) is 4.19. The Kier molecular flexibility index (Phi) is 7.65. The molecule has 0 bridgehead atoms. The zero-order valence-corrected chi connectivity index (χ0v) is 18.4. The molecule has 1 aliphatic rings. The second-order valence-electron chi connectivity index (χ2n) is 7.54. The van der Waals surface area contributed by atoms with Gasteiger partial charge in [0.25, 0.3) is 5.91 Å². The minimum Gasteiger partial charge on any atom is -0.481 e. The third kappa shape index (κ3) is 6.15. The molecule has 1 aromatic heterocycles. The van der Waals surface area contributed by atoms with E-state index in [0.717, 1.165) is 31.0 Å². The Balaban J connectivity index is 1.52. The molecule has 2 aromatic rings. The minimum atomic E-state index is -4.54. The second-order valence-corrected chi connectivity index (χ2v) is 7.95. The Labute approximate surface area is 188 Å². The number of aromatic nitrogens is 2. The number of ether oxygens (including phenoxy) is 2. The lowest BCUT2D eigenvalue weighted by molar-refractivity contribution is -0.137. The topological polar surface area (TPSA) is 85.4 Å². The molecule has 1 fully saturated rings. The molecule has 0 atom stereocenters. The first-order chi connectivity index (χ1) is 15.2. The number of methoxy groups -OCH3 is 2. The van der Waals surface area contributed by atoms with Crippen LogP contribution in [0.1, 0.15) is 41.6 Å². The van der Waals surface area contributed by atoms with E-state index < -0.39 is 17.6 Å². The molecule has 7 nitrogen and oxygen atoms in total. The van der Waals surface area contributed by atoms with Gasteiger partial charge in [0.05, 0.1) is 36.4 Å². The standard InChI is InChI=1S/C21H24ClF3N4O3/c1-31-17-10-18(32-2)29-20(28-17)26-11-12-3-6-14(7-4-12)27-19(30)15-9-13(21(23,24)25)5-8-16(15)22/h5,8-10,12,14H,3-4,6-7,11H2,1-2H3,(H,27,30)(H,26,28,29). The molecule has 2 N–H and O–H groups in total. The number of alkyl halides is 3. The van der Waals surface area contributed by atoms with Gasteiger partial charge in [-0.25, -0.2) is 0 Å². The molecule has 0 radical (unpaired) electrons. The zero-order valence-electron chi connectivity index (χ0n) is 17.6. The summed E-state index contributed by atoms with van der Waals surface area (Å²) >= 11 is 5.96. The molecule has 1 aliphatic carbocycles. The van der Waals surface area contributed by atoms with E-state index in [2.05, 4.69) is 20.6 Å². The van der Waals surface area contributed by atoms with Crippen LogP contribution in [0.2, 0.25) is 5.02 Å². The number of anilines is 1. The van der Waals surface area contributed by atoms with Crippen LogP contribution in [0.4, 0.5) is 19.1 Å². The molecule has 32 heavy (non-hydrogen) atoms. The van der Waals surface area contributed by atoms with Gasteiger partial charge in [-0.1, -0.05) is 11.6 Å². The fourth-order valence-electron chi connectivity index (χ4n) is 3.58. The molecular weight excluding hydrogens is 449 g/mol. The number of hydrogen-bond donors (Lipinski definition) is 2. The molecule has 1 saturated carbocycles. The van der Waals surface area contributed by atoms with E-state index in [9.17, 15) is 18.0 Å². The second kappa shape index (κ2) is 10.2. The molecule has 1 heterocycles. The normalized spacial score (nSPS) is 18.7. The molecule has 174 valence electrons. The summed E-state index contributed by atoms with van der Waals surface area (Å²) in [6.45, 7) is 0.635. The monoisotopic (exact) mass is 472 g/mol. The molecule has 0 saturated heterocycles. The molecule has 0 aliphatic heterocycles. The van der Waals surface area contributed by atoms with Crippen LogP contribution in [-0.4, -0.2) is 42.7 Å². The van der Waals surface area contributed by atoms with Crippen molar-refractivity contribution in [2.45, 2.75) is 37.9 Å². The Morgan fingerprint density at radius 2 is 1.72 bits per heavy atom. The van der Waals surface area contributed by atoms with Crippen LogP contribution in [0.15, 0.2) is 24.3 Å². The molecule has 1 aromatic carbocycles. The van der Waals surface area contributed by atoms with Gasteiger partial charge in [0.15, 0.2) is 0 Å². The van der Waals surface area contributed by atoms with E-state index in [1.54, 1.807) is 6.07 Å². The van der Waals surface area contributed by atoms with Gasteiger partial charge in [0.2, 0.25) is 17.7 Å². The van der Waals surface area contributed by atoms with Crippen molar-refractivity contribution >= 4 is 23.5 Å². The van der Waals surface area contributed by atoms with Gasteiger partial charge in [0.1, 0.15) is 0 Å². The maximum Gasteiger partial charge on any atom is 0.416 e. The third-order valence-electron chi connectivity index (χ3n) is 5.37. The lowest BCUT2D eigenvalue weighted by atomic mass is 9.86. The maximum atomic E-state index is 12.9. The molecule has 0 unspecified atom stereocenters. The number of hydrogen-bond acceptors (Lipinski definition) is 6. The van der Waals surface area contributed by atoms with Crippen molar-refractivity contribution in [1.29, 1.82) is 0 Å². The number of nitrogens with zero attached hydrogens (tertiary/aromatic N) is 2. The lowest BCUT2D eigenvalue weighted by Gasteiger charge is -2.29. The van der Waals surface area contributed by atoms with E-state index in [1.807, 2.05) is 0 Å². The average Bonchev–Trinajstić information content (AvgIpc) is 2.77. The highest BCUT2D eigenvalue weighted by Gasteiger charge is 2.32. The Morgan fingerprint density at radius 1 is 1.09 bits per heavy atom. The van der Waals surface area contributed by atoms with Gasteiger partial charge >= 0.3 is 6.18 Å². The van der Waals surface area contributed by atoms with Crippen molar-refractivity contribution in [2.75, 3.05) is 26.1 Å². The average molecular weight is 473 g/mol. The highest BCUT2D eigenvalue weighted by molar-refractivity contribution is 6.33. The molecule has 3 rings (SSSR count). The van der Waals surface area contributed by atoms with Crippen molar-refractivity contribution in [3.8, 4) is 11.8 Å². The quantitative estimate of drug-likeness (QED) is 0.614. The van der Waals surface area contributed by atoms with Crippen molar-refractivity contribution < 1.29 is 27.4 Å². The van der Waals surface area contributed by atoms with E-state index in [-0.39, 0.29) is 16.6 Å². The summed E-state index contributed by atoms with van der Waals surface area (Å²) in [7, 11) is 3.02. The van der Waals surface area contributed by atoms with Crippen LogP contribution in [0.25, 0.3) is 0 Å². The summed E-state index contributed by atoms with van der Waals surface area (Å²) in [4.78, 5) is 21.0. The number of benzene rings is 1. The van der Waals surface area contributed by atoms with Crippen LogP contribution in [0.5, 0.6) is 11.8 Å². The van der Waals surface area contributed by atoms with Crippen LogP contribution in [0, 0.1) is 5.92 Å². The first-order valence-corrected chi connectivity index (χ1v) is 10.5. The van der Waals surface area contributed by atoms with E-state index in [1.165, 1.54) is 14.2 Å². The van der Waals surface area contributed by atoms with Gasteiger partial charge in [-0.3, -0.25) is 4.79 Å². The smallest absolute Gasteiger partial charge is 0.416 e. The summed E-state index contributed by atoms with van der Waals surface area (Å²) in [6.07, 6.45) is -1.47. The van der Waals surface area contributed by atoms with Crippen molar-refractivity contribution in [2.24, 2.45) is 5.92 Å². The van der Waals surface area contributed by atoms with E-state index >= 15 is 0 Å². The SMILES string of the molecule is COc1cc(OC)nc(NCC2CCC(NC(=O)c3cc(C(F)(F)F)ccc3Cl)CC2)n1. The lowest BCUT2D eigenvalue weighted by Crippen LogP contribution is -2.38. The van der Waals surface area contributed by atoms with Gasteiger partial charge in [0, 0.05) is 12.6 Å². The molecule has 11 heteroatoms. The Hall–Kier alpha value is -2.75. The number of carbonyl (C=O) groups is 1. The number of halogens is 4. The van der Waals surface area contributed by atoms with Crippen LogP contribution in [-0.2, 0) is 6.18 Å². The van der Waals surface area contributed by atoms with Crippen molar-refractivity contribution in [3.63, 3.8) is 0 Å². The molecule has 1 amide bonds. The first kappa shape index (κ1) is 23.9. The first-order valence-electron chi connectivity index (χ1n) is 10.1. The van der Waals surface area contributed by atoms with Gasteiger partial charge in [-0.05, 0) is 49.8 Å². The summed E-state index contributed by atoms with van der Waals surface area (Å²) < 4.78 is 49.1. The van der Waals surface area contributed by atoms with Crippen molar-refractivity contribution in [1.82, 2.24) is 15.3 Å². The molecule has 0 spiro atoms. The van der Waals surface area contributed by atoms with Gasteiger partial charge < -0.3 is 20.1 Å². The number of amides is 1. The number of carbonyl (C=O) groups excluding carboxylic acids is 1. The predicted molar refractivity (Wildman–Crippen MR) is 113 cm³/mol. The van der Waals surface area contributed by atoms with Crippen LogP contribution >= 0.6 is 11.6 Å². The highest BCUT2D eigenvalue weighted by Crippen LogP contribution is 2.32. The summed E-state index contributed by atoms with van der Waals surface area (Å²) in [5, 5.41) is 5.98. The zero-order chi connectivity index (χ0) is 23.3. The Bertz CT molecular complexity index is 928. The predicted octanol–water partition coefficient (Wildman–Crippen LogP) is 4.57. The maximum absolute atomic E-state index is 12.9. The van der Waals surface area contributed by atoms with Gasteiger partial charge in [-0.2, -0.15) is 23.1 Å². The third-order valence-corrected chi connectivity index (χ3v) is 5.70. The largest absolute Gasteiger partial charge is 0.481 e. The number of nitrogens with one attached hydrogen (secondary N) is 2. The van der Waals surface area contributed by atoms with E-state index in [0.29, 0.717) is 43.0 Å². The van der Waals surface area contributed by atoms with Crippen molar-refractivity contribution in [3.05, 3.63) is 40.4 Å². The molecular formula is C21H24ClF3N4O3. The van der Waals surface area contributed by atoms with Crippen LogP contribution in [0.3, 0.4) is 0 Å². The van der Waals surface area contributed by atoms with Crippen LogP contribution < -0.4 is 20.1 Å². The van der Waals surface area contributed by atoms with E-state index in [4.69, 9.17) is 21.1 Å². The van der Waals surface area contributed by atoms with Gasteiger partial charge in [-0.15, -0.1) is 0 Å². The fraction of sp³-hybridized carbons (Fsp3) is 0.476.